The number of rotatable bonds is 8. The molecular weight excluding hydrogens is 468 g/mol. The van der Waals surface area contributed by atoms with Gasteiger partial charge >= 0.3 is 0 Å². The summed E-state index contributed by atoms with van der Waals surface area (Å²) in [5.74, 6) is 1.88. The van der Waals surface area contributed by atoms with E-state index < -0.39 is 0 Å². The highest BCUT2D eigenvalue weighted by Crippen LogP contribution is 2.28. The predicted octanol–water partition coefficient (Wildman–Crippen LogP) is 6.59. The van der Waals surface area contributed by atoms with Gasteiger partial charge in [0.05, 0.1) is 18.6 Å². The van der Waals surface area contributed by atoms with Crippen molar-refractivity contribution in [2.45, 2.75) is 39.4 Å². The molecule has 0 N–H and O–H groups in total. The molecule has 3 heterocycles. The largest absolute Gasteiger partial charge is 0.467 e. The summed E-state index contributed by atoms with van der Waals surface area (Å²) in [4.78, 5) is 13.4. The van der Waals surface area contributed by atoms with E-state index in [1.807, 2.05) is 66.9 Å². The van der Waals surface area contributed by atoms with Crippen LogP contribution < -0.4 is 0 Å². The van der Waals surface area contributed by atoms with Crippen molar-refractivity contribution < 1.29 is 9.21 Å². The van der Waals surface area contributed by atoms with Gasteiger partial charge in [-0.15, -0.1) is 10.2 Å². The molecule has 0 bridgehead atoms. The fourth-order valence-electron chi connectivity index (χ4n) is 4.41. The summed E-state index contributed by atoms with van der Waals surface area (Å²) in [6.45, 7) is 8.75. The lowest BCUT2D eigenvalue weighted by Gasteiger charge is -2.12. The maximum atomic E-state index is 13.4. The highest BCUT2D eigenvalue weighted by atomic mass is 32.2. The minimum Gasteiger partial charge on any atom is -0.467 e. The van der Waals surface area contributed by atoms with Crippen molar-refractivity contribution in [1.29, 1.82) is 0 Å². The first kappa shape index (κ1) is 23.9. The van der Waals surface area contributed by atoms with Crippen LogP contribution >= 0.6 is 11.8 Å². The van der Waals surface area contributed by atoms with E-state index in [2.05, 4.69) is 46.8 Å². The average Bonchev–Trinajstić information content (AvgIpc) is 3.60. The molecule has 0 aliphatic heterocycles. The van der Waals surface area contributed by atoms with E-state index in [-0.39, 0.29) is 11.5 Å². The third kappa shape index (κ3) is 4.66. The number of carbonyl (C=O) groups excluding carboxylic acids is 1. The van der Waals surface area contributed by atoms with Gasteiger partial charge in [0, 0.05) is 28.2 Å². The molecule has 182 valence electrons. The molecule has 0 spiro atoms. The lowest BCUT2D eigenvalue weighted by molar-refractivity contribution is 0.102. The van der Waals surface area contributed by atoms with E-state index in [0.717, 1.165) is 39.8 Å². The first-order valence-electron chi connectivity index (χ1n) is 11.9. The summed E-state index contributed by atoms with van der Waals surface area (Å²) in [7, 11) is 0. The first-order valence-corrected chi connectivity index (χ1v) is 12.8. The van der Waals surface area contributed by atoms with Gasteiger partial charge in [-0.05, 0) is 69.2 Å². The van der Waals surface area contributed by atoms with Crippen molar-refractivity contribution >= 4 is 17.5 Å². The second-order valence-corrected chi connectivity index (χ2v) is 9.88. The van der Waals surface area contributed by atoms with Crippen molar-refractivity contribution in [2.24, 2.45) is 0 Å². The number of furan rings is 1. The number of Topliss-reactive ketones (excluding diaryl/α,β-unsaturated/α-hetero) is 1. The molecule has 5 aromatic rings. The van der Waals surface area contributed by atoms with Crippen molar-refractivity contribution in [3.63, 3.8) is 0 Å². The third-order valence-electron chi connectivity index (χ3n) is 6.46. The Morgan fingerprint density at radius 1 is 0.917 bits per heavy atom. The predicted molar refractivity (Wildman–Crippen MR) is 143 cm³/mol. The Bertz CT molecular complexity index is 1510. The Balaban J connectivity index is 1.40. The standard InChI is InChI=1S/C29H28N4O2S/c1-19-12-13-24(15-20(19)2)33-21(3)16-26(22(33)4)27(34)18-36-29-31-30-28(23-9-6-5-7-10-23)32(29)17-25-11-8-14-35-25/h5-16H,17-18H2,1-4H3. The Morgan fingerprint density at radius 3 is 2.44 bits per heavy atom. The summed E-state index contributed by atoms with van der Waals surface area (Å²) in [6, 6.07) is 22.1. The second-order valence-electron chi connectivity index (χ2n) is 8.94. The quantitative estimate of drug-likeness (QED) is 0.179. The molecule has 3 aromatic heterocycles. The molecule has 0 aliphatic rings. The normalized spacial score (nSPS) is 11.2. The number of thioether (sulfide) groups is 1. The van der Waals surface area contributed by atoms with E-state index in [1.54, 1.807) is 6.26 Å². The van der Waals surface area contributed by atoms with Gasteiger partial charge in [-0.1, -0.05) is 48.2 Å². The summed E-state index contributed by atoms with van der Waals surface area (Å²) in [5.41, 5.74) is 7.24. The maximum Gasteiger partial charge on any atom is 0.192 e. The number of carbonyl (C=O) groups is 1. The summed E-state index contributed by atoms with van der Waals surface area (Å²) < 4.78 is 9.74. The lowest BCUT2D eigenvalue weighted by Crippen LogP contribution is -2.08. The fraction of sp³-hybridized carbons (Fsp3) is 0.207. The molecule has 5 rings (SSSR count). The molecule has 0 atom stereocenters. The van der Waals surface area contributed by atoms with Gasteiger partial charge in [0.1, 0.15) is 5.76 Å². The van der Waals surface area contributed by atoms with Gasteiger partial charge in [0.15, 0.2) is 16.8 Å². The van der Waals surface area contributed by atoms with Gasteiger partial charge in [0.25, 0.3) is 0 Å². The Kier molecular flexibility index (Phi) is 6.65. The molecule has 0 unspecified atom stereocenters. The first-order chi connectivity index (χ1) is 17.4. The lowest BCUT2D eigenvalue weighted by atomic mass is 10.1. The molecule has 36 heavy (non-hydrogen) atoms. The van der Waals surface area contributed by atoms with Gasteiger partial charge in [0.2, 0.25) is 0 Å². The van der Waals surface area contributed by atoms with Crippen molar-refractivity contribution in [1.82, 2.24) is 19.3 Å². The molecule has 0 saturated carbocycles. The van der Waals surface area contributed by atoms with Crippen molar-refractivity contribution in [3.05, 3.63) is 107 Å². The minimum absolute atomic E-state index is 0.0667. The van der Waals surface area contributed by atoms with Crippen LogP contribution in [-0.4, -0.2) is 30.9 Å². The molecule has 0 fully saturated rings. The zero-order chi connectivity index (χ0) is 25.2. The van der Waals surface area contributed by atoms with Crippen LogP contribution in [0.15, 0.2) is 82.6 Å². The zero-order valence-electron chi connectivity index (χ0n) is 20.9. The fourth-order valence-corrected chi connectivity index (χ4v) is 5.23. The Morgan fingerprint density at radius 2 is 1.72 bits per heavy atom. The van der Waals surface area contributed by atoms with Crippen LogP contribution in [-0.2, 0) is 6.54 Å². The highest BCUT2D eigenvalue weighted by molar-refractivity contribution is 7.99. The third-order valence-corrected chi connectivity index (χ3v) is 7.42. The maximum absolute atomic E-state index is 13.4. The topological polar surface area (TPSA) is 65.8 Å². The van der Waals surface area contributed by atoms with Crippen LogP contribution in [0, 0.1) is 27.7 Å². The van der Waals surface area contributed by atoms with Crippen LogP contribution in [0.5, 0.6) is 0 Å². The van der Waals surface area contributed by atoms with E-state index in [9.17, 15) is 4.79 Å². The summed E-state index contributed by atoms with van der Waals surface area (Å²) in [5, 5.41) is 9.55. The minimum atomic E-state index is 0.0667. The van der Waals surface area contributed by atoms with Gasteiger partial charge in [-0.2, -0.15) is 0 Å². The summed E-state index contributed by atoms with van der Waals surface area (Å²) in [6.07, 6.45) is 1.66. The molecule has 7 heteroatoms. The molecule has 0 saturated heterocycles. The van der Waals surface area contributed by atoms with E-state index in [4.69, 9.17) is 4.42 Å². The van der Waals surface area contributed by atoms with Gasteiger partial charge in [-0.3, -0.25) is 9.36 Å². The van der Waals surface area contributed by atoms with Gasteiger partial charge in [-0.25, -0.2) is 0 Å². The van der Waals surface area contributed by atoms with Crippen molar-refractivity contribution in [3.8, 4) is 17.1 Å². The van der Waals surface area contributed by atoms with Crippen LogP contribution in [0.25, 0.3) is 17.1 Å². The van der Waals surface area contributed by atoms with E-state index >= 15 is 0 Å². The number of nitrogens with zero attached hydrogens (tertiary/aromatic N) is 4. The number of ketones is 1. The van der Waals surface area contributed by atoms with Crippen LogP contribution in [0.1, 0.15) is 38.6 Å². The number of benzene rings is 2. The molecule has 0 radical (unpaired) electrons. The molecule has 0 amide bonds. The van der Waals surface area contributed by atoms with Crippen molar-refractivity contribution in [2.75, 3.05) is 5.75 Å². The van der Waals surface area contributed by atoms with Crippen LogP contribution in [0.3, 0.4) is 0 Å². The van der Waals surface area contributed by atoms with Crippen LogP contribution in [0.2, 0.25) is 0 Å². The second kappa shape index (κ2) is 10.0. The average molecular weight is 497 g/mol. The smallest absolute Gasteiger partial charge is 0.192 e. The molecular formula is C29H28N4O2S. The molecule has 2 aromatic carbocycles. The Labute approximate surface area is 215 Å². The monoisotopic (exact) mass is 496 g/mol. The molecule has 0 aliphatic carbocycles. The Hall–Kier alpha value is -3.84. The number of aryl methyl sites for hydroxylation is 3. The molecule has 6 nitrogen and oxygen atoms in total. The van der Waals surface area contributed by atoms with E-state index in [1.165, 1.54) is 22.9 Å². The SMILES string of the molecule is Cc1ccc(-n2c(C)cc(C(=O)CSc3nnc(-c4ccccc4)n3Cc3ccco3)c2C)cc1C. The van der Waals surface area contributed by atoms with Gasteiger partial charge < -0.3 is 8.98 Å². The van der Waals surface area contributed by atoms with Crippen LogP contribution in [0.4, 0.5) is 0 Å². The number of hydrogen-bond donors (Lipinski definition) is 0. The summed E-state index contributed by atoms with van der Waals surface area (Å²) >= 11 is 1.40. The number of aromatic nitrogens is 4. The number of hydrogen-bond acceptors (Lipinski definition) is 5. The zero-order valence-corrected chi connectivity index (χ0v) is 21.7. The highest BCUT2D eigenvalue weighted by Gasteiger charge is 2.20. The van der Waals surface area contributed by atoms with E-state index in [0.29, 0.717) is 11.7 Å².